The van der Waals surface area contributed by atoms with Crippen molar-refractivity contribution in [3.05, 3.63) is 0 Å². The van der Waals surface area contributed by atoms with Crippen LogP contribution in [0.4, 0.5) is 9.59 Å². The maximum atomic E-state index is 12.3. The molecule has 3 aliphatic rings. The molecule has 0 spiro atoms. The SMILES string of the molecule is CC1(C(=O)O)OCC(OC(=O)N2CCN(C(=O)OC3COC(C)(C(=O)O)OC3)CC2)CO1. The summed E-state index contributed by atoms with van der Waals surface area (Å²) in [6.45, 7) is 2.85. The predicted octanol–water partition coefficient (Wildman–Crippen LogP) is -0.690. The third kappa shape index (κ3) is 5.38. The average molecular weight is 462 g/mol. The number of nitrogens with zero attached hydrogens (tertiary/aromatic N) is 2. The first kappa shape index (κ1) is 24.0. The van der Waals surface area contributed by atoms with Gasteiger partial charge in [-0.1, -0.05) is 0 Å². The number of ether oxygens (including phenoxy) is 6. The molecule has 0 bridgehead atoms. The van der Waals surface area contributed by atoms with E-state index in [9.17, 15) is 19.2 Å². The van der Waals surface area contributed by atoms with Gasteiger partial charge in [-0.25, -0.2) is 19.2 Å². The van der Waals surface area contributed by atoms with Crippen LogP contribution in [0, 0.1) is 0 Å². The molecule has 2 amide bonds. The van der Waals surface area contributed by atoms with Gasteiger partial charge in [0.2, 0.25) is 0 Å². The van der Waals surface area contributed by atoms with Gasteiger partial charge in [0.15, 0.2) is 12.2 Å². The van der Waals surface area contributed by atoms with Crippen LogP contribution in [0.1, 0.15) is 13.8 Å². The van der Waals surface area contributed by atoms with Crippen LogP contribution < -0.4 is 0 Å². The van der Waals surface area contributed by atoms with Crippen LogP contribution in [0.3, 0.4) is 0 Å². The molecule has 0 radical (unpaired) electrons. The number of amides is 2. The van der Waals surface area contributed by atoms with Crippen LogP contribution >= 0.6 is 0 Å². The largest absolute Gasteiger partial charge is 0.477 e. The Kier molecular flexibility index (Phi) is 7.07. The zero-order valence-corrected chi connectivity index (χ0v) is 17.7. The van der Waals surface area contributed by atoms with Crippen molar-refractivity contribution in [1.29, 1.82) is 0 Å². The normalized spacial score (nSPS) is 33.3. The lowest BCUT2D eigenvalue weighted by molar-refractivity contribution is -0.279. The molecule has 3 saturated heterocycles. The van der Waals surface area contributed by atoms with E-state index in [-0.39, 0.29) is 52.6 Å². The molecule has 0 atom stereocenters. The molecule has 3 aliphatic heterocycles. The van der Waals surface area contributed by atoms with Crippen LogP contribution in [-0.4, -0.2) is 121 Å². The first-order valence-corrected chi connectivity index (χ1v) is 9.96. The van der Waals surface area contributed by atoms with Crippen LogP contribution in [0.5, 0.6) is 0 Å². The van der Waals surface area contributed by atoms with Crippen molar-refractivity contribution < 1.29 is 57.8 Å². The summed E-state index contributed by atoms with van der Waals surface area (Å²) in [6.07, 6.45) is -2.76. The van der Waals surface area contributed by atoms with Gasteiger partial charge in [0.1, 0.15) is 0 Å². The van der Waals surface area contributed by atoms with Gasteiger partial charge in [0.05, 0.1) is 26.4 Å². The molecular formula is C18H26N2O12. The predicted molar refractivity (Wildman–Crippen MR) is 99.6 cm³/mol. The van der Waals surface area contributed by atoms with E-state index in [2.05, 4.69) is 0 Å². The van der Waals surface area contributed by atoms with E-state index in [0.29, 0.717) is 0 Å². The number of hydrogen-bond acceptors (Lipinski definition) is 10. The molecule has 0 unspecified atom stereocenters. The highest BCUT2D eigenvalue weighted by molar-refractivity contribution is 5.75. The Balaban J connectivity index is 1.37. The Morgan fingerprint density at radius 3 is 1.22 bits per heavy atom. The van der Waals surface area contributed by atoms with Gasteiger partial charge < -0.3 is 48.4 Å². The quantitative estimate of drug-likeness (QED) is 0.540. The lowest BCUT2D eigenvalue weighted by Crippen LogP contribution is -2.55. The van der Waals surface area contributed by atoms with E-state index in [1.165, 1.54) is 23.6 Å². The first-order chi connectivity index (χ1) is 15.0. The maximum absolute atomic E-state index is 12.3. The lowest BCUT2D eigenvalue weighted by Gasteiger charge is -2.38. The third-order valence-corrected chi connectivity index (χ3v) is 5.29. The third-order valence-electron chi connectivity index (χ3n) is 5.29. The molecule has 32 heavy (non-hydrogen) atoms. The fourth-order valence-electron chi connectivity index (χ4n) is 3.08. The summed E-state index contributed by atoms with van der Waals surface area (Å²) >= 11 is 0. The van der Waals surface area contributed by atoms with E-state index in [1.54, 1.807) is 0 Å². The van der Waals surface area contributed by atoms with Gasteiger partial charge in [-0.15, -0.1) is 0 Å². The van der Waals surface area contributed by atoms with E-state index >= 15 is 0 Å². The highest BCUT2D eigenvalue weighted by Crippen LogP contribution is 2.22. The molecule has 0 aromatic rings. The molecule has 3 heterocycles. The second-order valence-corrected chi connectivity index (χ2v) is 7.73. The van der Waals surface area contributed by atoms with Crippen molar-refractivity contribution in [3.63, 3.8) is 0 Å². The number of hydrogen-bond donors (Lipinski definition) is 2. The summed E-state index contributed by atoms with van der Waals surface area (Å²) in [6, 6.07) is 0. The van der Waals surface area contributed by atoms with Crippen molar-refractivity contribution in [2.75, 3.05) is 52.6 Å². The van der Waals surface area contributed by atoms with Gasteiger partial charge in [0.25, 0.3) is 11.6 Å². The highest BCUT2D eigenvalue weighted by atomic mass is 16.7. The zero-order chi connectivity index (χ0) is 23.5. The number of piperazine rings is 1. The van der Waals surface area contributed by atoms with Crippen molar-refractivity contribution >= 4 is 24.1 Å². The van der Waals surface area contributed by atoms with E-state index < -0.39 is 47.9 Å². The summed E-state index contributed by atoms with van der Waals surface area (Å²) in [5.41, 5.74) is 0. The van der Waals surface area contributed by atoms with Crippen molar-refractivity contribution in [2.24, 2.45) is 0 Å². The fraction of sp³-hybridized carbons (Fsp3) is 0.778. The molecule has 14 nitrogen and oxygen atoms in total. The molecule has 14 heteroatoms. The number of rotatable bonds is 4. The minimum atomic E-state index is -1.77. The number of carbonyl (C=O) groups is 4. The smallest absolute Gasteiger partial charge is 0.410 e. The highest BCUT2D eigenvalue weighted by Gasteiger charge is 2.43. The monoisotopic (exact) mass is 462 g/mol. The van der Waals surface area contributed by atoms with Gasteiger partial charge in [-0.3, -0.25) is 0 Å². The Morgan fingerprint density at radius 1 is 0.688 bits per heavy atom. The maximum Gasteiger partial charge on any atom is 0.410 e. The van der Waals surface area contributed by atoms with Crippen molar-refractivity contribution in [2.45, 2.75) is 37.6 Å². The Labute approximate surface area is 182 Å². The number of carboxylic acids is 2. The van der Waals surface area contributed by atoms with Gasteiger partial charge in [-0.05, 0) is 0 Å². The summed E-state index contributed by atoms with van der Waals surface area (Å²) in [5, 5.41) is 18.1. The molecule has 2 N–H and O–H groups in total. The summed E-state index contributed by atoms with van der Waals surface area (Å²) in [4.78, 5) is 49.6. The van der Waals surface area contributed by atoms with E-state index in [1.807, 2.05) is 0 Å². The second-order valence-electron chi connectivity index (χ2n) is 7.73. The molecule has 180 valence electrons. The van der Waals surface area contributed by atoms with E-state index in [0.717, 1.165) is 0 Å². The zero-order valence-electron chi connectivity index (χ0n) is 17.7. The Morgan fingerprint density at radius 2 is 0.969 bits per heavy atom. The lowest BCUT2D eigenvalue weighted by atomic mass is 10.2. The minimum absolute atomic E-state index is 0.118. The van der Waals surface area contributed by atoms with Crippen LogP contribution in [-0.2, 0) is 38.0 Å². The van der Waals surface area contributed by atoms with Gasteiger partial charge in [0, 0.05) is 40.0 Å². The average Bonchev–Trinajstić information content (AvgIpc) is 2.77. The Bertz CT molecular complexity index is 672. The Hall–Kier alpha value is -2.68. The second kappa shape index (κ2) is 9.44. The molecular weight excluding hydrogens is 436 g/mol. The molecule has 0 aliphatic carbocycles. The molecule has 3 rings (SSSR count). The number of carboxylic acid groups (broad SMARTS) is 2. The fourth-order valence-corrected chi connectivity index (χ4v) is 3.08. The first-order valence-electron chi connectivity index (χ1n) is 9.96. The van der Waals surface area contributed by atoms with Crippen LogP contribution in [0.15, 0.2) is 0 Å². The van der Waals surface area contributed by atoms with Crippen LogP contribution in [0.2, 0.25) is 0 Å². The summed E-state index contributed by atoms with van der Waals surface area (Å²) < 4.78 is 31.1. The number of carbonyl (C=O) groups excluding carboxylic acids is 2. The van der Waals surface area contributed by atoms with Crippen LogP contribution in [0.25, 0.3) is 0 Å². The van der Waals surface area contributed by atoms with E-state index in [4.69, 9.17) is 38.6 Å². The summed E-state index contributed by atoms with van der Waals surface area (Å²) in [7, 11) is 0. The molecule has 0 saturated carbocycles. The van der Waals surface area contributed by atoms with Crippen molar-refractivity contribution in [1.82, 2.24) is 9.80 Å². The van der Waals surface area contributed by atoms with Crippen molar-refractivity contribution in [3.8, 4) is 0 Å². The summed E-state index contributed by atoms with van der Waals surface area (Å²) in [5.74, 6) is -6.08. The number of aliphatic carboxylic acids is 2. The standard InChI is InChI=1S/C18H26N2O12/c1-17(13(21)22)27-7-11(8-28-17)31-15(25)19-3-5-20(6-4-19)16(26)32-12-9-29-18(2,14(23)24)30-10-12/h11-12H,3-10H2,1-2H3,(H,21,22)(H,23,24). The molecule has 0 aromatic heterocycles. The molecule has 3 fully saturated rings. The van der Waals surface area contributed by atoms with Gasteiger partial charge in [-0.2, -0.15) is 0 Å². The molecule has 0 aromatic carbocycles. The minimum Gasteiger partial charge on any atom is -0.477 e. The van der Waals surface area contributed by atoms with Gasteiger partial charge >= 0.3 is 24.1 Å². The topological polar surface area (TPSA) is 171 Å².